The number of hydrogen-bond donors (Lipinski definition) is 2. The molecule has 0 spiro atoms. The molecule has 1 amide bonds. The van der Waals surface area contributed by atoms with Crippen molar-refractivity contribution in [1.29, 1.82) is 0 Å². The van der Waals surface area contributed by atoms with Crippen LogP contribution in [0, 0.1) is 17.7 Å². The number of amides is 1. The standard InChI is InChI=1S/C13H18FN5.C10H12N2O/c14-11-6-16-13(18-3-1-15-2-4-18)17-12(11)19-7-9-5-10(9)8-19;1-2-12-10(13)6-5-9-4-3-7-11-8-9/h6,9-10,15H,1-5,7-8H2;3-8H,2H2,1H3,(H,12,13)/b;6-5+. The lowest BCUT2D eigenvalue weighted by Crippen LogP contribution is -2.44. The second-order valence-electron chi connectivity index (χ2n) is 8.25. The quantitative estimate of drug-likeness (QED) is 0.686. The van der Waals surface area contributed by atoms with Crippen molar-refractivity contribution >= 4 is 23.7 Å². The maximum absolute atomic E-state index is 13.9. The van der Waals surface area contributed by atoms with Gasteiger partial charge in [-0.1, -0.05) is 6.07 Å². The van der Waals surface area contributed by atoms with E-state index in [1.165, 1.54) is 18.7 Å². The minimum absolute atomic E-state index is 0.0775. The number of hydrogen-bond acceptors (Lipinski definition) is 7. The summed E-state index contributed by atoms with van der Waals surface area (Å²) in [5, 5.41) is 5.97. The molecule has 2 aromatic heterocycles. The van der Waals surface area contributed by atoms with Crippen molar-refractivity contribution in [3.05, 3.63) is 48.2 Å². The highest BCUT2D eigenvalue weighted by molar-refractivity contribution is 5.91. The van der Waals surface area contributed by atoms with Gasteiger partial charge < -0.3 is 20.4 Å². The molecular formula is C23H30FN7O. The third kappa shape index (κ3) is 5.79. The summed E-state index contributed by atoms with van der Waals surface area (Å²) >= 11 is 0. The number of fused-ring (bicyclic) bond motifs is 1. The molecule has 0 radical (unpaired) electrons. The van der Waals surface area contributed by atoms with Crippen LogP contribution in [0.25, 0.3) is 6.08 Å². The van der Waals surface area contributed by atoms with Crippen LogP contribution in [0.5, 0.6) is 0 Å². The molecule has 1 saturated carbocycles. The maximum Gasteiger partial charge on any atom is 0.243 e. The van der Waals surface area contributed by atoms with Gasteiger partial charge in [-0.2, -0.15) is 4.98 Å². The van der Waals surface area contributed by atoms with Crippen LogP contribution in [-0.4, -0.2) is 66.7 Å². The number of likely N-dealkylation sites (N-methyl/N-ethyl adjacent to an activating group) is 1. The Labute approximate surface area is 188 Å². The lowest BCUT2D eigenvalue weighted by Gasteiger charge is -2.28. The van der Waals surface area contributed by atoms with E-state index in [2.05, 4.69) is 35.4 Å². The normalized spacial score (nSPS) is 21.7. The van der Waals surface area contributed by atoms with Gasteiger partial charge in [0.2, 0.25) is 11.9 Å². The van der Waals surface area contributed by atoms with E-state index in [4.69, 9.17) is 0 Å². The summed E-state index contributed by atoms with van der Waals surface area (Å²) in [4.78, 5) is 27.8. The van der Waals surface area contributed by atoms with E-state index in [0.29, 0.717) is 18.3 Å². The minimum Gasteiger partial charge on any atom is -0.353 e. The number of piperidine rings is 1. The predicted octanol–water partition coefficient (Wildman–Crippen LogP) is 1.71. The second-order valence-corrected chi connectivity index (χ2v) is 8.25. The molecule has 2 saturated heterocycles. The van der Waals surface area contributed by atoms with Gasteiger partial charge in [-0.05, 0) is 42.9 Å². The molecule has 0 bridgehead atoms. The maximum atomic E-state index is 13.9. The van der Waals surface area contributed by atoms with Gasteiger partial charge in [0.1, 0.15) is 0 Å². The van der Waals surface area contributed by atoms with Crippen molar-refractivity contribution in [3.63, 3.8) is 0 Å². The van der Waals surface area contributed by atoms with Gasteiger partial charge in [0, 0.05) is 64.3 Å². The molecule has 0 aromatic carbocycles. The minimum atomic E-state index is -0.291. The zero-order valence-electron chi connectivity index (χ0n) is 18.4. The Kier molecular flexibility index (Phi) is 7.26. The molecule has 8 nitrogen and oxygen atoms in total. The van der Waals surface area contributed by atoms with Crippen molar-refractivity contribution in [2.24, 2.45) is 11.8 Å². The van der Waals surface area contributed by atoms with E-state index in [1.807, 2.05) is 19.1 Å². The molecule has 3 fully saturated rings. The molecule has 32 heavy (non-hydrogen) atoms. The number of halogens is 1. The van der Waals surface area contributed by atoms with Crippen molar-refractivity contribution < 1.29 is 9.18 Å². The van der Waals surface area contributed by atoms with E-state index >= 15 is 0 Å². The number of nitrogens with one attached hydrogen (secondary N) is 2. The van der Waals surface area contributed by atoms with Gasteiger partial charge in [-0.15, -0.1) is 0 Å². The number of pyridine rings is 1. The molecule has 9 heteroatoms. The first-order chi connectivity index (χ1) is 15.6. The van der Waals surface area contributed by atoms with Gasteiger partial charge >= 0.3 is 0 Å². The van der Waals surface area contributed by atoms with Crippen molar-refractivity contribution in [2.75, 3.05) is 55.6 Å². The fourth-order valence-electron chi connectivity index (χ4n) is 4.04. The van der Waals surface area contributed by atoms with Crippen LogP contribution in [-0.2, 0) is 4.79 Å². The Balaban J connectivity index is 0.000000166. The summed E-state index contributed by atoms with van der Waals surface area (Å²) in [6.07, 6.45) is 9.27. The number of aromatic nitrogens is 3. The highest BCUT2D eigenvalue weighted by atomic mass is 19.1. The smallest absolute Gasteiger partial charge is 0.243 e. The number of carbonyl (C=O) groups is 1. The largest absolute Gasteiger partial charge is 0.353 e. The SMILES string of the molecule is CCNC(=O)/C=C/c1cccnc1.Fc1cnc(N2CCNCC2)nc1N1CC2CC2C1. The molecule has 2 N–H and O–H groups in total. The van der Waals surface area contributed by atoms with Crippen LogP contribution in [0.2, 0.25) is 0 Å². The van der Waals surface area contributed by atoms with Crippen molar-refractivity contribution in [1.82, 2.24) is 25.6 Å². The van der Waals surface area contributed by atoms with E-state index in [-0.39, 0.29) is 11.7 Å². The molecule has 2 unspecified atom stereocenters. The van der Waals surface area contributed by atoms with Crippen LogP contribution in [0.1, 0.15) is 18.9 Å². The number of rotatable bonds is 5. The van der Waals surface area contributed by atoms with Crippen LogP contribution in [0.3, 0.4) is 0 Å². The Hall–Kier alpha value is -3.07. The Morgan fingerprint density at radius 3 is 2.72 bits per heavy atom. The molecule has 5 rings (SSSR count). The summed E-state index contributed by atoms with van der Waals surface area (Å²) in [5.74, 6) is 2.34. The van der Waals surface area contributed by atoms with E-state index in [9.17, 15) is 9.18 Å². The molecule has 2 aliphatic heterocycles. The summed E-state index contributed by atoms with van der Waals surface area (Å²) in [5.41, 5.74) is 0.925. The highest BCUT2D eigenvalue weighted by Gasteiger charge is 2.46. The Morgan fingerprint density at radius 2 is 2.03 bits per heavy atom. The number of piperazine rings is 1. The lowest BCUT2D eigenvalue weighted by atomic mass is 10.2. The fraction of sp³-hybridized carbons (Fsp3) is 0.478. The lowest BCUT2D eigenvalue weighted by molar-refractivity contribution is -0.116. The van der Waals surface area contributed by atoms with E-state index in [0.717, 1.165) is 56.7 Å². The van der Waals surface area contributed by atoms with Gasteiger partial charge in [0.15, 0.2) is 11.6 Å². The van der Waals surface area contributed by atoms with Crippen LogP contribution >= 0.6 is 0 Å². The average Bonchev–Trinajstić information content (AvgIpc) is 3.44. The van der Waals surface area contributed by atoms with Crippen molar-refractivity contribution in [2.45, 2.75) is 13.3 Å². The fourth-order valence-corrected chi connectivity index (χ4v) is 4.04. The van der Waals surface area contributed by atoms with Crippen LogP contribution in [0.15, 0.2) is 36.8 Å². The molecule has 4 heterocycles. The molecule has 170 valence electrons. The third-order valence-corrected chi connectivity index (χ3v) is 5.85. The average molecular weight is 440 g/mol. The molecule has 1 aliphatic carbocycles. The Morgan fingerprint density at radius 1 is 1.25 bits per heavy atom. The van der Waals surface area contributed by atoms with Gasteiger partial charge in [0.05, 0.1) is 6.20 Å². The third-order valence-electron chi connectivity index (χ3n) is 5.85. The first-order valence-corrected chi connectivity index (χ1v) is 11.2. The number of nitrogens with zero attached hydrogens (tertiary/aromatic N) is 5. The first kappa shape index (κ1) is 22.1. The summed E-state index contributed by atoms with van der Waals surface area (Å²) in [6, 6.07) is 3.72. The Bertz CT molecular complexity index is 923. The number of carbonyl (C=O) groups excluding carboxylic acids is 1. The summed E-state index contributed by atoms with van der Waals surface area (Å²) in [7, 11) is 0. The van der Waals surface area contributed by atoms with E-state index < -0.39 is 0 Å². The molecule has 2 atom stereocenters. The number of anilines is 2. The molecule has 2 aromatic rings. The molecule has 3 aliphatic rings. The summed E-state index contributed by atoms with van der Waals surface area (Å²) in [6.45, 7) is 8.09. The molecular weight excluding hydrogens is 409 g/mol. The second kappa shape index (κ2) is 10.5. The highest BCUT2D eigenvalue weighted by Crippen LogP contribution is 2.46. The first-order valence-electron chi connectivity index (χ1n) is 11.2. The topological polar surface area (TPSA) is 86.3 Å². The van der Waals surface area contributed by atoms with Crippen LogP contribution < -0.4 is 20.4 Å². The van der Waals surface area contributed by atoms with Gasteiger partial charge in [-0.3, -0.25) is 9.78 Å². The monoisotopic (exact) mass is 439 g/mol. The zero-order valence-corrected chi connectivity index (χ0v) is 18.4. The van der Waals surface area contributed by atoms with Gasteiger partial charge in [-0.25, -0.2) is 9.37 Å². The van der Waals surface area contributed by atoms with Crippen molar-refractivity contribution in [3.8, 4) is 0 Å². The summed E-state index contributed by atoms with van der Waals surface area (Å²) < 4.78 is 13.9. The predicted molar refractivity (Wildman–Crippen MR) is 123 cm³/mol. The van der Waals surface area contributed by atoms with Crippen LogP contribution in [0.4, 0.5) is 16.2 Å². The zero-order chi connectivity index (χ0) is 22.3. The van der Waals surface area contributed by atoms with E-state index in [1.54, 1.807) is 18.5 Å². The van der Waals surface area contributed by atoms with Gasteiger partial charge in [0.25, 0.3) is 0 Å².